The zero-order valence-corrected chi connectivity index (χ0v) is 13.4. The van der Waals surface area contributed by atoms with Gasteiger partial charge >= 0.3 is 0 Å². The van der Waals surface area contributed by atoms with Gasteiger partial charge in [-0.15, -0.1) is 0 Å². The van der Waals surface area contributed by atoms with Gasteiger partial charge in [0.1, 0.15) is 5.75 Å². The monoisotopic (exact) mass is 312 g/mol. The Morgan fingerprint density at radius 3 is 2.48 bits per heavy atom. The predicted octanol–water partition coefficient (Wildman–Crippen LogP) is 2.66. The summed E-state index contributed by atoms with van der Waals surface area (Å²) in [4.78, 5) is 25.3. The molecule has 3 aliphatic rings. The molecule has 2 saturated carbocycles. The molecule has 1 aromatic rings. The maximum Gasteiger partial charge on any atom is 0.202 e. The molecule has 23 heavy (non-hydrogen) atoms. The maximum atomic E-state index is 12.8. The molecule has 4 nitrogen and oxygen atoms in total. The summed E-state index contributed by atoms with van der Waals surface area (Å²) in [5.74, 6) is 0.913. The second kappa shape index (κ2) is 4.95. The zero-order chi connectivity index (χ0) is 16.2. The van der Waals surface area contributed by atoms with Crippen molar-refractivity contribution < 1.29 is 19.1 Å². The summed E-state index contributed by atoms with van der Waals surface area (Å²) < 4.78 is 10.4. The van der Waals surface area contributed by atoms with Crippen LogP contribution in [0.2, 0.25) is 0 Å². The number of carbonyl (C=O) groups is 2. The fourth-order valence-electron chi connectivity index (χ4n) is 5.19. The van der Waals surface area contributed by atoms with Crippen LogP contribution in [0.4, 0.5) is 0 Å². The second-order valence-electron chi connectivity index (χ2n) is 6.75. The minimum absolute atomic E-state index is 0.00827. The summed E-state index contributed by atoms with van der Waals surface area (Å²) in [6.07, 6.45) is 4.44. The van der Waals surface area contributed by atoms with Gasteiger partial charge in [0.05, 0.1) is 14.2 Å². The van der Waals surface area contributed by atoms with Crippen molar-refractivity contribution in [3.8, 4) is 5.75 Å². The van der Waals surface area contributed by atoms with Crippen LogP contribution in [0.25, 0.3) is 0 Å². The summed E-state index contributed by atoms with van der Waals surface area (Å²) in [5, 5.41) is 0. The molecule has 0 N–H and O–H groups in total. The van der Waals surface area contributed by atoms with Crippen LogP contribution in [0.5, 0.6) is 5.75 Å². The number of carbonyl (C=O) groups excluding carboxylic acids is 2. The first-order valence-corrected chi connectivity index (χ1v) is 8.11. The van der Waals surface area contributed by atoms with Crippen molar-refractivity contribution in [2.75, 3.05) is 14.2 Å². The largest absolute Gasteiger partial charge is 0.497 e. The van der Waals surface area contributed by atoms with Gasteiger partial charge in [-0.2, -0.15) is 0 Å². The fourth-order valence-corrected chi connectivity index (χ4v) is 5.19. The summed E-state index contributed by atoms with van der Waals surface area (Å²) in [6, 6.07) is 7.98. The van der Waals surface area contributed by atoms with Crippen LogP contribution in [0.1, 0.15) is 24.8 Å². The summed E-state index contributed by atoms with van der Waals surface area (Å²) in [5.41, 5.74) is 0.947. The van der Waals surface area contributed by atoms with E-state index in [2.05, 4.69) is 12.1 Å². The van der Waals surface area contributed by atoms with Crippen molar-refractivity contribution in [1.29, 1.82) is 0 Å². The lowest BCUT2D eigenvalue weighted by Crippen LogP contribution is -2.64. The number of ketones is 2. The number of hydrogen-bond donors (Lipinski definition) is 0. The number of hydrogen-bond acceptors (Lipinski definition) is 4. The van der Waals surface area contributed by atoms with Crippen LogP contribution in [0.3, 0.4) is 0 Å². The Hall–Kier alpha value is -2.10. The van der Waals surface area contributed by atoms with Crippen molar-refractivity contribution in [3.05, 3.63) is 41.7 Å². The number of methoxy groups -OCH3 is 2. The highest BCUT2D eigenvalue weighted by Gasteiger charge is 2.69. The molecule has 3 aliphatic carbocycles. The summed E-state index contributed by atoms with van der Waals surface area (Å²) in [6.45, 7) is 0. The zero-order valence-electron chi connectivity index (χ0n) is 13.4. The number of fused-ring (bicyclic) bond motifs is 4. The molecule has 0 radical (unpaired) electrons. The molecule has 1 aromatic carbocycles. The van der Waals surface area contributed by atoms with Crippen LogP contribution < -0.4 is 4.74 Å². The quantitative estimate of drug-likeness (QED) is 0.861. The molecule has 4 heteroatoms. The fraction of sp³-hybridized carbons (Fsp3) is 0.474. The van der Waals surface area contributed by atoms with Crippen LogP contribution in [-0.2, 0) is 19.7 Å². The maximum absolute atomic E-state index is 12.8. The second-order valence-corrected chi connectivity index (χ2v) is 6.75. The minimum atomic E-state index is -0.268. The van der Waals surface area contributed by atoms with Gasteiger partial charge < -0.3 is 9.47 Å². The van der Waals surface area contributed by atoms with E-state index in [1.165, 1.54) is 13.2 Å². The van der Waals surface area contributed by atoms with E-state index in [0.29, 0.717) is 0 Å². The molecule has 120 valence electrons. The normalized spacial score (nSPS) is 35.0. The van der Waals surface area contributed by atoms with E-state index in [1.807, 2.05) is 12.1 Å². The molecular formula is C19H20O4. The third-order valence-electron chi connectivity index (χ3n) is 6.09. The van der Waals surface area contributed by atoms with E-state index in [9.17, 15) is 9.59 Å². The minimum Gasteiger partial charge on any atom is -0.497 e. The van der Waals surface area contributed by atoms with Crippen molar-refractivity contribution in [2.24, 2.45) is 17.8 Å². The Labute approximate surface area is 135 Å². The number of benzene rings is 1. The molecule has 0 bridgehead atoms. The van der Waals surface area contributed by atoms with Gasteiger partial charge in [-0.25, -0.2) is 0 Å². The van der Waals surface area contributed by atoms with Gasteiger partial charge in [0.2, 0.25) is 5.78 Å². The highest BCUT2D eigenvalue weighted by molar-refractivity contribution is 6.12. The molecule has 0 aromatic heterocycles. The Kier molecular flexibility index (Phi) is 3.12. The van der Waals surface area contributed by atoms with Gasteiger partial charge in [0, 0.05) is 23.3 Å². The molecule has 0 heterocycles. The summed E-state index contributed by atoms with van der Waals surface area (Å²) >= 11 is 0. The first kappa shape index (κ1) is 14.5. The Bertz CT molecular complexity index is 703. The smallest absolute Gasteiger partial charge is 0.202 e. The molecule has 0 saturated heterocycles. The number of rotatable bonds is 3. The third kappa shape index (κ3) is 1.72. The molecule has 0 aliphatic heterocycles. The van der Waals surface area contributed by atoms with Crippen LogP contribution in [0.15, 0.2) is 36.1 Å². The lowest BCUT2D eigenvalue weighted by molar-refractivity contribution is -0.152. The third-order valence-corrected chi connectivity index (χ3v) is 6.09. The first-order chi connectivity index (χ1) is 11.1. The van der Waals surface area contributed by atoms with Crippen molar-refractivity contribution in [3.63, 3.8) is 0 Å². The highest BCUT2D eigenvalue weighted by Crippen LogP contribution is 2.67. The number of ether oxygens (including phenoxy) is 2. The number of Topliss-reactive ketones (excluding diaryl/α,β-unsaturated/α-hetero) is 1. The molecular weight excluding hydrogens is 292 g/mol. The average molecular weight is 312 g/mol. The average Bonchev–Trinajstić information content (AvgIpc) is 2.92. The van der Waals surface area contributed by atoms with Gasteiger partial charge in [-0.05, 0) is 36.5 Å². The van der Waals surface area contributed by atoms with E-state index in [0.717, 1.165) is 30.6 Å². The standard InChI is InChI=1S/C19H20O4/c1-22-12-7-5-11(6-8-12)19-9-3-4-13(19)16-14(20)10-15(23-2)18(21)17(16)19/h5-8,10,13,16-17H,3-4,9H2,1-2H3/t13-,16+,17+,19+/m0/s1. The van der Waals surface area contributed by atoms with Crippen LogP contribution in [-0.4, -0.2) is 25.8 Å². The lowest BCUT2D eigenvalue weighted by atomic mass is 9.42. The van der Waals surface area contributed by atoms with E-state index >= 15 is 0 Å². The van der Waals surface area contributed by atoms with Crippen molar-refractivity contribution in [2.45, 2.75) is 24.7 Å². The molecule has 0 amide bonds. The molecule has 2 fully saturated rings. The molecule has 4 rings (SSSR count). The highest BCUT2D eigenvalue weighted by atomic mass is 16.5. The van der Waals surface area contributed by atoms with Gasteiger partial charge in [0.25, 0.3) is 0 Å². The van der Waals surface area contributed by atoms with Gasteiger partial charge in [0.15, 0.2) is 11.5 Å². The van der Waals surface area contributed by atoms with Crippen molar-refractivity contribution in [1.82, 2.24) is 0 Å². The molecule has 4 atom stereocenters. The van der Waals surface area contributed by atoms with Crippen LogP contribution in [0, 0.1) is 17.8 Å². The molecule has 0 spiro atoms. The van der Waals surface area contributed by atoms with E-state index in [4.69, 9.17) is 9.47 Å². The lowest BCUT2D eigenvalue weighted by Gasteiger charge is -2.58. The number of allylic oxidation sites excluding steroid dienone is 2. The Morgan fingerprint density at radius 1 is 1.09 bits per heavy atom. The van der Waals surface area contributed by atoms with E-state index in [-0.39, 0.29) is 40.5 Å². The molecule has 0 unspecified atom stereocenters. The Balaban J connectivity index is 1.79. The van der Waals surface area contributed by atoms with E-state index < -0.39 is 0 Å². The SMILES string of the molecule is COC1=CC(=O)[C@H]2[C@@H]3CCC[C@]3(c3ccc(OC)cc3)[C@H]2C1=O. The van der Waals surface area contributed by atoms with E-state index in [1.54, 1.807) is 7.11 Å². The summed E-state index contributed by atoms with van der Waals surface area (Å²) in [7, 11) is 3.10. The van der Waals surface area contributed by atoms with Crippen LogP contribution >= 0.6 is 0 Å². The topological polar surface area (TPSA) is 52.6 Å². The Morgan fingerprint density at radius 2 is 1.83 bits per heavy atom. The van der Waals surface area contributed by atoms with Gasteiger partial charge in [-0.3, -0.25) is 9.59 Å². The van der Waals surface area contributed by atoms with Gasteiger partial charge in [-0.1, -0.05) is 18.6 Å². The van der Waals surface area contributed by atoms with Crippen molar-refractivity contribution >= 4 is 11.6 Å². The first-order valence-electron chi connectivity index (χ1n) is 8.11. The predicted molar refractivity (Wildman–Crippen MR) is 84.1 cm³/mol.